The molecular weight excluding hydrogens is 315 g/mol. The van der Waals surface area contributed by atoms with Crippen LogP contribution in [0.4, 0.5) is 0 Å². The standard InChI is InChI=1S/C11H14OS2.Rh/c12-14-8-4-7-13-11(14)9-10-5-2-1-3-6-10;/h1-3,5-6,12H,4,7-9H2;. The normalized spacial score (nSPS) is 20.9. The first-order valence-corrected chi connectivity index (χ1v) is 7.12. The molecule has 0 amide bonds. The van der Waals surface area contributed by atoms with Crippen LogP contribution in [0.2, 0.25) is 0 Å². The van der Waals surface area contributed by atoms with Gasteiger partial charge in [0.2, 0.25) is 0 Å². The van der Waals surface area contributed by atoms with Crippen LogP contribution in [-0.4, -0.2) is 20.3 Å². The van der Waals surface area contributed by atoms with E-state index in [1.165, 1.54) is 15.5 Å². The maximum atomic E-state index is 9.80. The Hall–Kier alpha value is 0.373. The van der Waals surface area contributed by atoms with Crippen LogP contribution in [0.1, 0.15) is 12.0 Å². The summed E-state index contributed by atoms with van der Waals surface area (Å²) in [7, 11) is -0.449. The van der Waals surface area contributed by atoms with Crippen molar-refractivity contribution >= 4 is 26.7 Å². The summed E-state index contributed by atoms with van der Waals surface area (Å²) >= 11 is 1.85. The molecule has 0 fully saturated rings. The molecule has 1 aromatic rings. The predicted octanol–water partition coefficient (Wildman–Crippen LogP) is 3.24. The molecule has 0 bridgehead atoms. The average Bonchev–Trinajstić information content (AvgIpc) is 2.23. The quantitative estimate of drug-likeness (QED) is 0.664. The summed E-state index contributed by atoms with van der Waals surface area (Å²) in [5.74, 6) is 2.14. The van der Waals surface area contributed by atoms with E-state index in [0.29, 0.717) is 0 Å². The van der Waals surface area contributed by atoms with Crippen LogP contribution in [0, 0.1) is 0 Å². The molecule has 0 aliphatic carbocycles. The Labute approximate surface area is 111 Å². The summed E-state index contributed by atoms with van der Waals surface area (Å²) in [5, 5.41) is 0. The van der Waals surface area contributed by atoms with Crippen LogP contribution in [0.25, 0.3) is 0 Å². The predicted molar refractivity (Wildman–Crippen MR) is 67.3 cm³/mol. The maximum Gasteiger partial charge on any atom is 0.0373 e. The van der Waals surface area contributed by atoms with E-state index in [0.717, 1.165) is 18.6 Å². The Kier molecular flexibility index (Phi) is 6.14. The van der Waals surface area contributed by atoms with Gasteiger partial charge in [0, 0.05) is 35.8 Å². The number of hydrogen-bond donors (Lipinski definition) is 1. The van der Waals surface area contributed by atoms with Gasteiger partial charge in [0.25, 0.3) is 0 Å². The molecule has 1 aliphatic rings. The van der Waals surface area contributed by atoms with Crippen molar-refractivity contribution in [2.45, 2.75) is 12.8 Å². The first-order chi connectivity index (χ1) is 6.86. The van der Waals surface area contributed by atoms with E-state index < -0.39 is 10.8 Å². The second kappa shape index (κ2) is 6.85. The summed E-state index contributed by atoms with van der Waals surface area (Å²) in [6.45, 7) is 0. The van der Waals surface area contributed by atoms with Gasteiger partial charge >= 0.3 is 0 Å². The van der Waals surface area contributed by atoms with Gasteiger partial charge < -0.3 is 4.55 Å². The van der Waals surface area contributed by atoms with Crippen molar-refractivity contribution in [3.05, 3.63) is 35.9 Å². The summed E-state index contributed by atoms with van der Waals surface area (Å²) in [6, 6.07) is 10.4. The summed E-state index contributed by atoms with van der Waals surface area (Å²) in [6.07, 6.45) is 2.09. The third kappa shape index (κ3) is 4.03. The molecule has 4 heteroatoms. The average molecular weight is 329 g/mol. The molecule has 1 radical (unpaired) electrons. The molecule has 1 N–H and O–H groups in total. The van der Waals surface area contributed by atoms with Gasteiger partial charge in [-0.2, -0.15) is 0 Å². The Balaban J connectivity index is 0.00000112. The number of benzene rings is 1. The molecule has 0 saturated carbocycles. The third-order valence-corrected chi connectivity index (χ3v) is 5.43. The van der Waals surface area contributed by atoms with Crippen molar-refractivity contribution in [3.8, 4) is 0 Å². The van der Waals surface area contributed by atoms with Gasteiger partial charge in [0.05, 0.1) is 0 Å². The van der Waals surface area contributed by atoms with Gasteiger partial charge in [0.1, 0.15) is 0 Å². The van der Waals surface area contributed by atoms with Gasteiger partial charge in [-0.05, 0) is 17.7 Å². The van der Waals surface area contributed by atoms with E-state index in [4.69, 9.17) is 0 Å². The van der Waals surface area contributed by atoms with E-state index in [1.54, 1.807) is 0 Å². The molecule has 1 aromatic carbocycles. The Morgan fingerprint density at radius 1 is 1.27 bits per heavy atom. The van der Waals surface area contributed by atoms with Crippen molar-refractivity contribution in [2.24, 2.45) is 0 Å². The van der Waals surface area contributed by atoms with Crippen LogP contribution in [0.3, 0.4) is 0 Å². The Morgan fingerprint density at radius 2 is 2.00 bits per heavy atom. The number of rotatable bonds is 2. The van der Waals surface area contributed by atoms with Crippen LogP contribution in [0.15, 0.2) is 30.3 Å². The minimum atomic E-state index is -0.449. The summed E-state index contributed by atoms with van der Waals surface area (Å²) < 4.78 is 11.1. The van der Waals surface area contributed by atoms with Gasteiger partial charge in [-0.15, -0.1) is 11.8 Å². The van der Waals surface area contributed by atoms with Crippen LogP contribution >= 0.6 is 22.5 Å². The zero-order valence-corrected chi connectivity index (χ0v) is 11.6. The smallest absolute Gasteiger partial charge is 0.0373 e. The fourth-order valence-corrected chi connectivity index (χ4v) is 4.45. The first kappa shape index (κ1) is 13.4. The molecule has 0 spiro atoms. The van der Waals surface area contributed by atoms with E-state index in [1.807, 2.05) is 17.8 Å². The first-order valence-electron chi connectivity index (χ1n) is 4.79. The second-order valence-corrected chi connectivity index (χ2v) is 6.38. The topological polar surface area (TPSA) is 20.2 Å². The largest absolute Gasteiger partial charge is 0.337 e. The minimum Gasteiger partial charge on any atom is -0.337 e. The van der Waals surface area contributed by atoms with E-state index in [2.05, 4.69) is 24.3 Å². The van der Waals surface area contributed by atoms with Crippen LogP contribution < -0.4 is 0 Å². The van der Waals surface area contributed by atoms with Crippen molar-refractivity contribution in [1.29, 1.82) is 0 Å². The number of thioether (sulfide) groups is 1. The molecule has 15 heavy (non-hydrogen) atoms. The molecule has 1 unspecified atom stereocenters. The van der Waals surface area contributed by atoms with Gasteiger partial charge in [-0.1, -0.05) is 41.1 Å². The summed E-state index contributed by atoms with van der Waals surface area (Å²) in [5.41, 5.74) is 1.31. The Morgan fingerprint density at radius 3 is 2.67 bits per heavy atom. The van der Waals surface area contributed by atoms with Crippen LogP contribution in [0.5, 0.6) is 0 Å². The SMILES string of the molecule is OS1=C(Cc2ccccc2)SCCC1.[Rh]. The van der Waals surface area contributed by atoms with Gasteiger partial charge in [-0.3, -0.25) is 0 Å². The van der Waals surface area contributed by atoms with Crippen molar-refractivity contribution in [1.82, 2.24) is 0 Å². The fourth-order valence-electron chi connectivity index (χ4n) is 1.46. The summed E-state index contributed by atoms with van der Waals surface area (Å²) in [4.78, 5) is 0. The van der Waals surface area contributed by atoms with Crippen molar-refractivity contribution < 1.29 is 24.0 Å². The third-order valence-electron chi connectivity index (χ3n) is 2.20. The molecule has 0 aromatic heterocycles. The van der Waals surface area contributed by atoms with Crippen molar-refractivity contribution in [2.75, 3.05) is 11.5 Å². The zero-order valence-electron chi connectivity index (χ0n) is 8.31. The monoisotopic (exact) mass is 329 g/mol. The van der Waals surface area contributed by atoms with Gasteiger partial charge in [0.15, 0.2) is 0 Å². The molecular formula is C11H14ORhS2. The molecule has 1 nitrogen and oxygen atoms in total. The minimum absolute atomic E-state index is 0. The van der Waals surface area contributed by atoms with E-state index in [-0.39, 0.29) is 19.5 Å². The molecule has 1 heterocycles. The molecule has 1 atom stereocenters. The number of hydrogen-bond acceptors (Lipinski definition) is 2. The zero-order chi connectivity index (χ0) is 9.80. The van der Waals surface area contributed by atoms with E-state index >= 15 is 0 Å². The molecule has 85 valence electrons. The van der Waals surface area contributed by atoms with E-state index in [9.17, 15) is 4.55 Å². The second-order valence-electron chi connectivity index (χ2n) is 3.31. The maximum absolute atomic E-state index is 9.80. The van der Waals surface area contributed by atoms with Crippen molar-refractivity contribution in [3.63, 3.8) is 0 Å². The Bertz CT molecular complexity index is 338. The fraction of sp³-hybridized carbons (Fsp3) is 0.364. The van der Waals surface area contributed by atoms with Crippen LogP contribution in [-0.2, 0) is 25.9 Å². The molecule has 0 saturated heterocycles. The molecule has 2 rings (SSSR count). The van der Waals surface area contributed by atoms with Gasteiger partial charge in [-0.25, -0.2) is 0 Å². The molecule has 1 aliphatic heterocycles.